The van der Waals surface area contributed by atoms with Crippen LogP contribution in [-0.4, -0.2) is 19.7 Å². The molecule has 5 nitrogen and oxygen atoms in total. The zero-order valence-electron chi connectivity index (χ0n) is 12.7. The Kier molecular flexibility index (Phi) is 3.75. The lowest BCUT2D eigenvalue weighted by atomic mass is 10.1. The Labute approximate surface area is 124 Å². The van der Waals surface area contributed by atoms with E-state index in [1.807, 2.05) is 36.0 Å². The molecule has 21 heavy (non-hydrogen) atoms. The zero-order valence-corrected chi connectivity index (χ0v) is 12.7. The highest BCUT2D eigenvalue weighted by atomic mass is 15.3. The van der Waals surface area contributed by atoms with Crippen LogP contribution in [0.4, 0.5) is 0 Å². The number of nitrogens with zero attached hydrogens (tertiary/aromatic N) is 3. The summed E-state index contributed by atoms with van der Waals surface area (Å²) in [6.07, 6.45) is 2.08. The molecule has 5 heteroatoms. The molecule has 3 aromatic rings. The van der Waals surface area contributed by atoms with Crippen LogP contribution in [0.1, 0.15) is 36.8 Å². The Morgan fingerprint density at radius 3 is 2.81 bits per heavy atom. The van der Waals surface area contributed by atoms with Crippen LogP contribution in [0, 0.1) is 0 Å². The number of aryl methyl sites for hydroxylation is 1. The van der Waals surface area contributed by atoms with Crippen LogP contribution in [0.2, 0.25) is 0 Å². The summed E-state index contributed by atoms with van der Waals surface area (Å²) in [6, 6.07) is 8.09. The first kappa shape index (κ1) is 13.8. The number of para-hydroxylation sites is 2. The molecule has 1 aromatic carbocycles. The topological polar surface area (TPSA) is 58.5 Å². The molecule has 0 fully saturated rings. The Bertz CT molecular complexity index is 705. The Morgan fingerprint density at radius 2 is 2.05 bits per heavy atom. The predicted octanol–water partition coefficient (Wildman–Crippen LogP) is 2.71. The number of hydrogen-bond donors (Lipinski definition) is 2. The zero-order chi connectivity index (χ0) is 14.8. The Balaban J connectivity index is 1.66. The molecule has 0 atom stereocenters. The fraction of sp³-hybridized carbons (Fsp3) is 0.375. The van der Waals surface area contributed by atoms with Gasteiger partial charge in [-0.25, -0.2) is 4.98 Å². The van der Waals surface area contributed by atoms with Gasteiger partial charge in [-0.3, -0.25) is 4.68 Å². The maximum absolute atomic E-state index is 4.57. The van der Waals surface area contributed by atoms with Gasteiger partial charge in [0.15, 0.2) is 0 Å². The molecule has 0 aliphatic heterocycles. The standard InChI is InChI=1S/C16H21N5/c1-11(2)16-12(10-21(3)20-16)8-17-9-15-18-13-6-4-5-7-14(13)19-15/h4-7,10-11,17H,8-9H2,1-3H3,(H,18,19). The fourth-order valence-electron chi connectivity index (χ4n) is 2.58. The Morgan fingerprint density at radius 1 is 1.24 bits per heavy atom. The van der Waals surface area contributed by atoms with Gasteiger partial charge in [-0.15, -0.1) is 0 Å². The maximum atomic E-state index is 4.57. The lowest BCUT2D eigenvalue weighted by Gasteiger charge is -2.05. The molecule has 0 bridgehead atoms. The van der Waals surface area contributed by atoms with Crippen LogP contribution in [0.5, 0.6) is 0 Å². The molecule has 0 radical (unpaired) electrons. The van der Waals surface area contributed by atoms with Crippen LogP contribution in [0.25, 0.3) is 11.0 Å². The molecule has 0 amide bonds. The highest BCUT2D eigenvalue weighted by molar-refractivity contribution is 5.74. The van der Waals surface area contributed by atoms with Crippen molar-refractivity contribution in [3.8, 4) is 0 Å². The van der Waals surface area contributed by atoms with E-state index in [0.717, 1.165) is 35.6 Å². The van der Waals surface area contributed by atoms with Gasteiger partial charge in [0.1, 0.15) is 5.82 Å². The van der Waals surface area contributed by atoms with Gasteiger partial charge in [0.25, 0.3) is 0 Å². The van der Waals surface area contributed by atoms with Crippen LogP contribution in [0.15, 0.2) is 30.5 Å². The second-order valence-electron chi connectivity index (χ2n) is 5.67. The molecule has 0 aliphatic carbocycles. The molecular weight excluding hydrogens is 262 g/mol. The number of rotatable bonds is 5. The van der Waals surface area contributed by atoms with Crippen molar-refractivity contribution in [2.75, 3.05) is 0 Å². The van der Waals surface area contributed by atoms with E-state index in [1.165, 1.54) is 5.56 Å². The molecular formula is C16H21N5. The average Bonchev–Trinajstić information content (AvgIpc) is 3.01. The van der Waals surface area contributed by atoms with Crippen molar-refractivity contribution in [3.05, 3.63) is 47.5 Å². The second kappa shape index (κ2) is 5.69. The molecule has 0 aliphatic rings. The minimum Gasteiger partial charge on any atom is -0.341 e. The van der Waals surface area contributed by atoms with Gasteiger partial charge in [-0.2, -0.15) is 5.10 Å². The molecule has 0 saturated carbocycles. The van der Waals surface area contributed by atoms with E-state index in [2.05, 4.69) is 40.4 Å². The summed E-state index contributed by atoms with van der Waals surface area (Å²) in [4.78, 5) is 7.90. The number of imidazole rings is 1. The van der Waals surface area contributed by atoms with E-state index in [4.69, 9.17) is 0 Å². The summed E-state index contributed by atoms with van der Waals surface area (Å²) in [5.74, 6) is 1.40. The summed E-state index contributed by atoms with van der Waals surface area (Å²) in [6.45, 7) is 5.87. The highest BCUT2D eigenvalue weighted by Gasteiger charge is 2.11. The Hall–Kier alpha value is -2.14. The van der Waals surface area contributed by atoms with Crippen molar-refractivity contribution >= 4 is 11.0 Å². The summed E-state index contributed by atoms with van der Waals surface area (Å²) in [5.41, 5.74) is 4.51. The number of aromatic nitrogens is 4. The lowest BCUT2D eigenvalue weighted by molar-refractivity contribution is 0.659. The van der Waals surface area contributed by atoms with E-state index in [-0.39, 0.29) is 0 Å². The third-order valence-electron chi connectivity index (χ3n) is 3.53. The molecule has 3 rings (SSSR count). The van der Waals surface area contributed by atoms with E-state index in [0.29, 0.717) is 5.92 Å². The first-order valence-corrected chi connectivity index (χ1v) is 7.30. The van der Waals surface area contributed by atoms with Crippen LogP contribution >= 0.6 is 0 Å². The van der Waals surface area contributed by atoms with Gasteiger partial charge in [0.2, 0.25) is 0 Å². The van der Waals surface area contributed by atoms with Crippen LogP contribution < -0.4 is 5.32 Å². The van der Waals surface area contributed by atoms with Crippen LogP contribution in [-0.2, 0) is 20.1 Å². The first-order valence-electron chi connectivity index (χ1n) is 7.30. The molecule has 0 unspecified atom stereocenters. The molecule has 2 N–H and O–H groups in total. The van der Waals surface area contributed by atoms with E-state index >= 15 is 0 Å². The monoisotopic (exact) mass is 283 g/mol. The maximum Gasteiger partial charge on any atom is 0.121 e. The third kappa shape index (κ3) is 2.97. The lowest BCUT2D eigenvalue weighted by Crippen LogP contribution is -2.14. The molecule has 110 valence electrons. The van der Waals surface area contributed by atoms with Gasteiger partial charge in [0, 0.05) is 25.4 Å². The number of H-pyrrole nitrogens is 1. The predicted molar refractivity (Wildman–Crippen MR) is 83.9 cm³/mol. The van der Waals surface area contributed by atoms with Crippen molar-refractivity contribution in [2.24, 2.45) is 7.05 Å². The molecule has 2 aromatic heterocycles. The first-order chi connectivity index (χ1) is 10.1. The summed E-state index contributed by atoms with van der Waals surface area (Å²) >= 11 is 0. The summed E-state index contributed by atoms with van der Waals surface area (Å²) in [7, 11) is 1.97. The van der Waals surface area contributed by atoms with Gasteiger partial charge >= 0.3 is 0 Å². The number of benzene rings is 1. The van der Waals surface area contributed by atoms with E-state index in [1.54, 1.807) is 0 Å². The third-order valence-corrected chi connectivity index (χ3v) is 3.53. The van der Waals surface area contributed by atoms with E-state index < -0.39 is 0 Å². The second-order valence-corrected chi connectivity index (χ2v) is 5.67. The smallest absolute Gasteiger partial charge is 0.121 e. The molecule has 0 saturated heterocycles. The van der Waals surface area contributed by atoms with E-state index in [9.17, 15) is 0 Å². The average molecular weight is 283 g/mol. The largest absolute Gasteiger partial charge is 0.341 e. The number of fused-ring (bicyclic) bond motifs is 1. The summed E-state index contributed by atoms with van der Waals surface area (Å²) < 4.78 is 1.88. The van der Waals surface area contributed by atoms with Crippen molar-refractivity contribution in [3.63, 3.8) is 0 Å². The normalized spacial score (nSPS) is 11.6. The minimum atomic E-state index is 0.439. The molecule has 2 heterocycles. The molecule has 0 spiro atoms. The van der Waals surface area contributed by atoms with Gasteiger partial charge < -0.3 is 10.3 Å². The summed E-state index contributed by atoms with van der Waals surface area (Å²) in [5, 5.41) is 7.96. The number of aromatic amines is 1. The van der Waals surface area contributed by atoms with Crippen molar-refractivity contribution in [2.45, 2.75) is 32.9 Å². The van der Waals surface area contributed by atoms with Crippen LogP contribution in [0.3, 0.4) is 0 Å². The van der Waals surface area contributed by atoms with Crippen molar-refractivity contribution < 1.29 is 0 Å². The number of nitrogens with one attached hydrogen (secondary N) is 2. The highest BCUT2D eigenvalue weighted by Crippen LogP contribution is 2.17. The van der Waals surface area contributed by atoms with Gasteiger partial charge in [0.05, 0.1) is 23.3 Å². The number of hydrogen-bond acceptors (Lipinski definition) is 3. The van der Waals surface area contributed by atoms with Gasteiger partial charge in [-0.05, 0) is 18.1 Å². The quantitative estimate of drug-likeness (QED) is 0.757. The fourth-order valence-corrected chi connectivity index (χ4v) is 2.58. The van der Waals surface area contributed by atoms with Gasteiger partial charge in [-0.1, -0.05) is 26.0 Å². The van der Waals surface area contributed by atoms with Crippen molar-refractivity contribution in [1.82, 2.24) is 25.1 Å². The minimum absolute atomic E-state index is 0.439. The SMILES string of the molecule is CC(C)c1nn(C)cc1CNCc1nc2ccccc2[nH]1. The van der Waals surface area contributed by atoms with Crippen molar-refractivity contribution in [1.29, 1.82) is 0 Å².